The van der Waals surface area contributed by atoms with Gasteiger partial charge in [-0.2, -0.15) is 12.7 Å². The molecule has 7 nitrogen and oxygen atoms in total. The number of rotatable bonds is 8. The maximum absolute atomic E-state index is 11.8. The number of carbonyl (C=O) groups excluding carboxylic acids is 1. The molecule has 0 aromatic carbocycles. The van der Waals surface area contributed by atoms with Crippen LogP contribution in [0.4, 0.5) is 0 Å². The van der Waals surface area contributed by atoms with E-state index >= 15 is 0 Å². The molecule has 1 fully saturated rings. The number of methoxy groups -OCH3 is 1. The van der Waals surface area contributed by atoms with Gasteiger partial charge >= 0.3 is 5.97 Å². The molecule has 1 saturated heterocycles. The van der Waals surface area contributed by atoms with Crippen LogP contribution >= 0.6 is 0 Å². The maximum atomic E-state index is 11.8. The van der Waals surface area contributed by atoms with E-state index in [0.717, 1.165) is 23.8 Å². The van der Waals surface area contributed by atoms with Crippen molar-refractivity contribution in [3.63, 3.8) is 0 Å². The second-order valence-corrected chi connectivity index (χ2v) is 6.33. The molecular formula is C11H22N2O5S. The molecule has 1 aliphatic heterocycles. The van der Waals surface area contributed by atoms with Crippen LogP contribution in [0, 0.1) is 0 Å². The fourth-order valence-corrected chi connectivity index (χ4v) is 2.73. The van der Waals surface area contributed by atoms with Gasteiger partial charge in [0.25, 0.3) is 10.2 Å². The van der Waals surface area contributed by atoms with E-state index in [2.05, 4.69) is 9.46 Å². The molecule has 0 bridgehead atoms. The molecular weight excluding hydrogens is 272 g/mol. The number of nitrogens with one attached hydrogen (secondary N) is 1. The first kappa shape index (κ1) is 16.4. The standard InChI is InChI=1S/C11H22N2O5S/c1-13(8-6-11(14)17-2)19(15,16)12-7-5-10-4-3-9-18-10/h10,12H,3-9H2,1-2H3. The van der Waals surface area contributed by atoms with E-state index in [0.29, 0.717) is 13.0 Å². The fourth-order valence-electron chi connectivity index (χ4n) is 1.80. The second-order valence-electron chi connectivity index (χ2n) is 4.47. The van der Waals surface area contributed by atoms with Crippen molar-refractivity contribution in [2.75, 3.05) is 33.9 Å². The third kappa shape index (κ3) is 5.85. The number of ether oxygens (including phenoxy) is 2. The summed E-state index contributed by atoms with van der Waals surface area (Å²) in [5.74, 6) is -0.429. The Morgan fingerprint density at radius 2 is 2.26 bits per heavy atom. The van der Waals surface area contributed by atoms with Gasteiger partial charge in [0, 0.05) is 26.7 Å². The first-order valence-electron chi connectivity index (χ1n) is 6.35. The Morgan fingerprint density at radius 3 is 2.84 bits per heavy atom. The summed E-state index contributed by atoms with van der Waals surface area (Å²) >= 11 is 0. The largest absolute Gasteiger partial charge is 0.469 e. The van der Waals surface area contributed by atoms with Crippen molar-refractivity contribution in [2.45, 2.75) is 31.8 Å². The van der Waals surface area contributed by atoms with Crippen LogP contribution < -0.4 is 4.72 Å². The Labute approximate surface area is 114 Å². The first-order chi connectivity index (χ1) is 8.95. The zero-order chi connectivity index (χ0) is 14.3. The molecule has 1 heterocycles. The van der Waals surface area contributed by atoms with Gasteiger partial charge in [-0.3, -0.25) is 4.79 Å². The summed E-state index contributed by atoms with van der Waals surface area (Å²) in [5, 5.41) is 0. The lowest BCUT2D eigenvalue weighted by Gasteiger charge is -2.17. The maximum Gasteiger partial charge on any atom is 0.306 e. The van der Waals surface area contributed by atoms with E-state index in [1.165, 1.54) is 14.2 Å². The molecule has 0 aromatic heterocycles. The Kier molecular flexibility index (Phi) is 6.70. The van der Waals surface area contributed by atoms with Gasteiger partial charge < -0.3 is 9.47 Å². The molecule has 1 N–H and O–H groups in total. The van der Waals surface area contributed by atoms with Gasteiger partial charge in [0.15, 0.2) is 0 Å². The van der Waals surface area contributed by atoms with Crippen LogP contribution in [-0.4, -0.2) is 58.7 Å². The van der Waals surface area contributed by atoms with Gasteiger partial charge in [-0.15, -0.1) is 0 Å². The Hall–Kier alpha value is -0.700. The van der Waals surface area contributed by atoms with Gasteiger partial charge in [-0.05, 0) is 19.3 Å². The summed E-state index contributed by atoms with van der Waals surface area (Å²) in [7, 11) is -0.833. The third-order valence-electron chi connectivity index (χ3n) is 3.04. The molecule has 1 aliphatic rings. The minimum Gasteiger partial charge on any atom is -0.469 e. The van der Waals surface area contributed by atoms with E-state index in [4.69, 9.17) is 4.74 Å². The van der Waals surface area contributed by atoms with Crippen molar-refractivity contribution >= 4 is 16.2 Å². The van der Waals surface area contributed by atoms with Crippen LogP contribution in [0.5, 0.6) is 0 Å². The molecule has 0 amide bonds. The highest BCUT2D eigenvalue weighted by atomic mass is 32.2. The molecule has 0 aliphatic carbocycles. The van der Waals surface area contributed by atoms with Crippen LogP contribution in [0.1, 0.15) is 25.7 Å². The number of carbonyl (C=O) groups is 1. The van der Waals surface area contributed by atoms with Crippen molar-refractivity contribution in [3.05, 3.63) is 0 Å². The highest BCUT2D eigenvalue weighted by molar-refractivity contribution is 7.87. The molecule has 0 spiro atoms. The summed E-state index contributed by atoms with van der Waals surface area (Å²) in [6.45, 7) is 1.20. The lowest BCUT2D eigenvalue weighted by atomic mass is 10.2. The van der Waals surface area contributed by atoms with Gasteiger partial charge in [0.2, 0.25) is 0 Å². The van der Waals surface area contributed by atoms with Crippen molar-refractivity contribution in [2.24, 2.45) is 0 Å². The summed E-state index contributed by atoms with van der Waals surface area (Å²) < 4.78 is 37.1. The third-order valence-corrected chi connectivity index (χ3v) is 4.62. The van der Waals surface area contributed by atoms with Crippen LogP contribution in [0.2, 0.25) is 0 Å². The van der Waals surface area contributed by atoms with Crippen LogP contribution in [0.25, 0.3) is 0 Å². The van der Waals surface area contributed by atoms with E-state index in [1.54, 1.807) is 0 Å². The van der Waals surface area contributed by atoms with E-state index in [-0.39, 0.29) is 19.1 Å². The molecule has 1 rings (SSSR count). The summed E-state index contributed by atoms with van der Waals surface area (Å²) in [5.41, 5.74) is 0. The van der Waals surface area contributed by atoms with Gasteiger partial charge in [0.1, 0.15) is 0 Å². The predicted molar refractivity (Wildman–Crippen MR) is 69.8 cm³/mol. The number of esters is 1. The van der Waals surface area contributed by atoms with Crippen molar-refractivity contribution in [1.29, 1.82) is 0 Å². The minimum atomic E-state index is -3.54. The lowest BCUT2D eigenvalue weighted by Crippen LogP contribution is -2.40. The molecule has 0 saturated carbocycles. The zero-order valence-electron chi connectivity index (χ0n) is 11.4. The fraction of sp³-hybridized carbons (Fsp3) is 0.909. The number of hydrogen-bond donors (Lipinski definition) is 1. The second kappa shape index (κ2) is 7.78. The summed E-state index contributed by atoms with van der Waals surface area (Å²) in [4.78, 5) is 11.0. The van der Waals surface area contributed by atoms with E-state index in [9.17, 15) is 13.2 Å². The Balaban J connectivity index is 2.26. The van der Waals surface area contributed by atoms with E-state index in [1.807, 2.05) is 0 Å². The average molecular weight is 294 g/mol. The van der Waals surface area contributed by atoms with Crippen molar-refractivity contribution in [1.82, 2.24) is 9.03 Å². The van der Waals surface area contributed by atoms with Gasteiger partial charge in [-0.1, -0.05) is 0 Å². The minimum absolute atomic E-state index is 0.0413. The van der Waals surface area contributed by atoms with Gasteiger partial charge in [-0.25, -0.2) is 4.72 Å². The monoisotopic (exact) mass is 294 g/mol. The number of nitrogens with zero attached hydrogens (tertiary/aromatic N) is 1. The highest BCUT2D eigenvalue weighted by Crippen LogP contribution is 2.14. The van der Waals surface area contributed by atoms with Crippen LogP contribution in [-0.2, 0) is 24.5 Å². The summed E-state index contributed by atoms with van der Waals surface area (Å²) in [6, 6.07) is 0. The molecule has 0 radical (unpaired) electrons. The normalized spacial score (nSPS) is 19.8. The van der Waals surface area contributed by atoms with Crippen LogP contribution in [0.3, 0.4) is 0 Å². The Bertz CT molecular complexity index is 379. The smallest absolute Gasteiger partial charge is 0.306 e. The van der Waals surface area contributed by atoms with Gasteiger partial charge in [0.05, 0.1) is 19.6 Å². The van der Waals surface area contributed by atoms with Crippen molar-refractivity contribution < 1.29 is 22.7 Å². The SMILES string of the molecule is COC(=O)CCN(C)S(=O)(=O)NCCC1CCCO1. The first-order valence-corrected chi connectivity index (χ1v) is 7.79. The average Bonchev–Trinajstić information content (AvgIpc) is 2.88. The summed E-state index contributed by atoms with van der Waals surface area (Å²) in [6.07, 6.45) is 2.89. The zero-order valence-corrected chi connectivity index (χ0v) is 12.2. The lowest BCUT2D eigenvalue weighted by molar-refractivity contribution is -0.140. The van der Waals surface area contributed by atoms with Crippen LogP contribution in [0.15, 0.2) is 0 Å². The van der Waals surface area contributed by atoms with E-state index < -0.39 is 16.2 Å². The topological polar surface area (TPSA) is 84.9 Å². The Morgan fingerprint density at radius 1 is 1.53 bits per heavy atom. The quantitative estimate of drug-likeness (QED) is 0.631. The molecule has 8 heteroatoms. The number of hydrogen-bond acceptors (Lipinski definition) is 5. The highest BCUT2D eigenvalue weighted by Gasteiger charge is 2.20. The molecule has 19 heavy (non-hydrogen) atoms. The molecule has 112 valence electrons. The molecule has 1 unspecified atom stereocenters. The molecule has 0 aromatic rings. The predicted octanol–water partition coefficient (Wildman–Crippen LogP) is -0.115. The van der Waals surface area contributed by atoms with Crippen molar-refractivity contribution in [3.8, 4) is 0 Å². The molecule has 1 atom stereocenters.